The fourth-order valence-electron chi connectivity index (χ4n) is 3.89. The fourth-order valence-corrected chi connectivity index (χ4v) is 4.41. The number of aromatic nitrogens is 2. The normalized spacial score (nSPS) is 13.7. The quantitative estimate of drug-likeness (QED) is 0.324. The SMILES string of the molecule is COc1ccc(N2CN(c3ccc(F)c(F)c3CCCN)c3cnc(C(F)(F)F)cc3C2=O)c(Br)n1. The molecule has 2 N–H and O–H groups in total. The van der Waals surface area contributed by atoms with Gasteiger partial charge >= 0.3 is 6.18 Å². The first-order chi connectivity index (χ1) is 17.1. The number of alkyl halides is 3. The standard InChI is InChI=1S/C23H19BrF5N5O2/c1-36-19-7-6-16(21(24)32-19)34-11-33(15-5-4-14(25)20(26)12(15)3-2-8-30)17-10-31-18(23(27,28)29)9-13(17)22(34)35/h4-7,9-10H,2-3,8,11,30H2,1H3. The van der Waals surface area contributed by atoms with Gasteiger partial charge in [0.05, 0.1) is 30.2 Å². The van der Waals surface area contributed by atoms with Crippen molar-refractivity contribution in [3.05, 3.63) is 69.6 Å². The van der Waals surface area contributed by atoms with E-state index in [9.17, 15) is 26.7 Å². The van der Waals surface area contributed by atoms with E-state index in [1.165, 1.54) is 35.1 Å². The van der Waals surface area contributed by atoms with Crippen LogP contribution in [0.2, 0.25) is 0 Å². The van der Waals surface area contributed by atoms with Crippen LogP contribution in [0.15, 0.2) is 41.1 Å². The lowest BCUT2D eigenvalue weighted by molar-refractivity contribution is -0.141. The summed E-state index contributed by atoms with van der Waals surface area (Å²) in [5.41, 5.74) is 4.37. The number of amides is 1. The molecule has 0 bridgehead atoms. The molecule has 1 amide bonds. The van der Waals surface area contributed by atoms with E-state index < -0.39 is 29.4 Å². The molecule has 0 fully saturated rings. The first-order valence-corrected chi connectivity index (χ1v) is 11.4. The van der Waals surface area contributed by atoms with Crippen LogP contribution in [0, 0.1) is 11.6 Å². The van der Waals surface area contributed by atoms with Crippen molar-refractivity contribution in [2.45, 2.75) is 19.0 Å². The van der Waals surface area contributed by atoms with Gasteiger partial charge in [-0.2, -0.15) is 13.2 Å². The van der Waals surface area contributed by atoms with Gasteiger partial charge in [-0.1, -0.05) is 0 Å². The number of nitrogens with two attached hydrogens (primary N) is 1. The monoisotopic (exact) mass is 571 g/mol. The molecule has 1 aromatic carbocycles. The topological polar surface area (TPSA) is 84.6 Å². The van der Waals surface area contributed by atoms with Gasteiger partial charge in [-0.3, -0.25) is 9.69 Å². The van der Waals surface area contributed by atoms with E-state index >= 15 is 0 Å². The number of hydrogen-bond donors (Lipinski definition) is 1. The highest BCUT2D eigenvalue weighted by Gasteiger charge is 2.39. The first kappa shape index (κ1) is 25.8. The van der Waals surface area contributed by atoms with Gasteiger partial charge in [0, 0.05) is 17.3 Å². The summed E-state index contributed by atoms with van der Waals surface area (Å²) in [6.45, 7) is -0.0380. The van der Waals surface area contributed by atoms with E-state index in [1.807, 2.05) is 0 Å². The molecule has 190 valence electrons. The number of fused-ring (bicyclic) bond motifs is 1. The Labute approximate surface area is 210 Å². The van der Waals surface area contributed by atoms with Crippen LogP contribution in [-0.4, -0.2) is 36.2 Å². The second-order valence-electron chi connectivity index (χ2n) is 7.80. The minimum atomic E-state index is -4.81. The third-order valence-corrected chi connectivity index (χ3v) is 6.20. The molecule has 1 aliphatic heterocycles. The molecule has 2 aromatic heterocycles. The van der Waals surface area contributed by atoms with Crippen molar-refractivity contribution in [2.75, 3.05) is 30.1 Å². The summed E-state index contributed by atoms with van der Waals surface area (Å²) >= 11 is 3.26. The Hall–Kier alpha value is -3.32. The van der Waals surface area contributed by atoms with E-state index in [0.29, 0.717) is 12.5 Å². The van der Waals surface area contributed by atoms with E-state index in [0.717, 1.165) is 12.3 Å². The van der Waals surface area contributed by atoms with Gasteiger partial charge in [0.2, 0.25) is 5.88 Å². The summed E-state index contributed by atoms with van der Waals surface area (Å²) in [4.78, 5) is 23.7. The van der Waals surface area contributed by atoms with E-state index in [1.54, 1.807) is 0 Å². The molecule has 7 nitrogen and oxygen atoms in total. The minimum absolute atomic E-state index is 0.0156. The van der Waals surface area contributed by atoms with Gasteiger partial charge in [0.1, 0.15) is 17.0 Å². The predicted molar refractivity (Wildman–Crippen MR) is 125 cm³/mol. The Kier molecular flexibility index (Phi) is 7.14. The summed E-state index contributed by atoms with van der Waals surface area (Å²) in [6, 6.07) is 5.84. The molecule has 0 saturated heterocycles. The molecular weight excluding hydrogens is 553 g/mol. The molecule has 3 aromatic rings. The van der Waals surface area contributed by atoms with Crippen molar-refractivity contribution in [2.24, 2.45) is 5.73 Å². The number of hydrogen-bond acceptors (Lipinski definition) is 6. The molecule has 1 aliphatic rings. The van der Waals surface area contributed by atoms with Crippen LogP contribution in [0.1, 0.15) is 28.0 Å². The smallest absolute Gasteiger partial charge is 0.433 e. The number of benzene rings is 1. The van der Waals surface area contributed by atoms with Gasteiger partial charge < -0.3 is 15.4 Å². The van der Waals surface area contributed by atoms with Crippen molar-refractivity contribution in [3.8, 4) is 5.88 Å². The largest absolute Gasteiger partial charge is 0.481 e. The number of ether oxygens (including phenoxy) is 1. The lowest BCUT2D eigenvalue weighted by Crippen LogP contribution is -2.45. The zero-order valence-corrected chi connectivity index (χ0v) is 20.3. The van der Waals surface area contributed by atoms with Gasteiger partial charge in [-0.05, 0) is 59.6 Å². The van der Waals surface area contributed by atoms with Crippen LogP contribution in [0.3, 0.4) is 0 Å². The fraction of sp³-hybridized carbons (Fsp3) is 0.261. The van der Waals surface area contributed by atoms with Crippen LogP contribution in [0.25, 0.3) is 0 Å². The molecule has 0 unspecified atom stereocenters. The summed E-state index contributed by atoms with van der Waals surface area (Å²) in [5, 5.41) is 0. The van der Waals surface area contributed by atoms with Crippen LogP contribution in [0.5, 0.6) is 5.88 Å². The molecule has 0 aliphatic carbocycles. The summed E-state index contributed by atoms with van der Waals surface area (Å²) in [7, 11) is 1.40. The molecule has 4 rings (SSSR count). The Morgan fingerprint density at radius 3 is 2.47 bits per heavy atom. The van der Waals surface area contributed by atoms with Crippen LogP contribution in [-0.2, 0) is 12.6 Å². The van der Waals surface area contributed by atoms with E-state index in [-0.39, 0.29) is 58.3 Å². The van der Waals surface area contributed by atoms with Crippen molar-refractivity contribution in [3.63, 3.8) is 0 Å². The van der Waals surface area contributed by atoms with Gasteiger partial charge in [0.15, 0.2) is 11.6 Å². The molecule has 0 radical (unpaired) electrons. The number of anilines is 3. The van der Waals surface area contributed by atoms with Crippen molar-refractivity contribution in [1.29, 1.82) is 0 Å². The number of halogens is 6. The average molecular weight is 572 g/mol. The second kappa shape index (κ2) is 9.97. The number of carbonyl (C=O) groups excluding carboxylic acids is 1. The van der Waals surface area contributed by atoms with Crippen LogP contribution < -0.4 is 20.3 Å². The van der Waals surface area contributed by atoms with Crippen LogP contribution >= 0.6 is 15.9 Å². The molecule has 13 heteroatoms. The Morgan fingerprint density at radius 1 is 1.11 bits per heavy atom. The highest BCUT2D eigenvalue weighted by atomic mass is 79.9. The third kappa shape index (κ3) is 4.72. The molecule has 0 spiro atoms. The highest BCUT2D eigenvalue weighted by Crippen LogP contribution is 2.41. The van der Waals surface area contributed by atoms with Gasteiger partial charge in [-0.15, -0.1) is 0 Å². The Morgan fingerprint density at radius 2 is 1.83 bits per heavy atom. The number of pyridine rings is 2. The van der Waals surface area contributed by atoms with Crippen molar-refractivity contribution >= 4 is 38.9 Å². The first-order valence-electron chi connectivity index (χ1n) is 10.6. The summed E-state index contributed by atoms with van der Waals surface area (Å²) in [6.07, 6.45) is -3.51. The number of carbonyl (C=O) groups is 1. The number of nitrogens with zero attached hydrogens (tertiary/aromatic N) is 4. The molecule has 0 saturated carbocycles. The maximum Gasteiger partial charge on any atom is 0.433 e. The van der Waals surface area contributed by atoms with E-state index in [2.05, 4.69) is 25.9 Å². The van der Waals surface area contributed by atoms with Gasteiger partial charge in [-0.25, -0.2) is 18.7 Å². The predicted octanol–water partition coefficient (Wildman–Crippen LogP) is 5.19. The minimum Gasteiger partial charge on any atom is -0.481 e. The van der Waals surface area contributed by atoms with E-state index in [4.69, 9.17) is 10.5 Å². The van der Waals surface area contributed by atoms with Crippen molar-refractivity contribution in [1.82, 2.24) is 9.97 Å². The van der Waals surface area contributed by atoms with Gasteiger partial charge in [0.25, 0.3) is 5.91 Å². The Balaban J connectivity index is 1.93. The lowest BCUT2D eigenvalue weighted by Gasteiger charge is -2.39. The van der Waals surface area contributed by atoms with Crippen LogP contribution in [0.4, 0.5) is 39.0 Å². The van der Waals surface area contributed by atoms with Crippen molar-refractivity contribution < 1.29 is 31.5 Å². The lowest BCUT2D eigenvalue weighted by atomic mass is 10.0. The molecule has 3 heterocycles. The zero-order valence-electron chi connectivity index (χ0n) is 18.7. The molecule has 36 heavy (non-hydrogen) atoms. The summed E-state index contributed by atoms with van der Waals surface area (Å²) < 4.78 is 74.5. The molecule has 0 atom stereocenters. The second-order valence-corrected chi connectivity index (χ2v) is 8.55. The third-order valence-electron chi connectivity index (χ3n) is 5.62. The highest BCUT2D eigenvalue weighted by molar-refractivity contribution is 9.10. The number of rotatable bonds is 6. The number of methoxy groups -OCH3 is 1. The molecular formula is C23H19BrF5N5O2. The Bertz CT molecular complexity index is 1320. The maximum atomic E-state index is 14.9. The maximum absolute atomic E-state index is 14.9. The summed E-state index contributed by atoms with van der Waals surface area (Å²) in [5.74, 6) is -2.70. The average Bonchev–Trinajstić information content (AvgIpc) is 2.85. The zero-order chi connectivity index (χ0) is 26.2.